The van der Waals surface area contributed by atoms with Crippen molar-refractivity contribution in [3.63, 3.8) is 0 Å². The second-order valence-electron chi connectivity index (χ2n) is 5.62. The molecule has 0 saturated heterocycles. The van der Waals surface area contributed by atoms with E-state index in [0.29, 0.717) is 0 Å². The summed E-state index contributed by atoms with van der Waals surface area (Å²) in [5.41, 5.74) is 7.35. The summed E-state index contributed by atoms with van der Waals surface area (Å²) in [4.78, 5) is 17.2. The summed E-state index contributed by atoms with van der Waals surface area (Å²) < 4.78 is 0. The zero-order valence-electron chi connectivity index (χ0n) is 11.1. The average molecular weight is 254 g/mol. The van der Waals surface area contributed by atoms with Crippen LogP contribution in [0.4, 0.5) is 0 Å². The van der Waals surface area contributed by atoms with E-state index in [1.54, 1.807) is 6.20 Å². The molecule has 2 unspecified atom stereocenters. The Labute approximate surface area is 112 Å². The molecule has 98 valence electrons. The molecule has 19 heavy (non-hydrogen) atoms. The third-order valence-corrected chi connectivity index (χ3v) is 4.44. The highest BCUT2D eigenvalue weighted by Crippen LogP contribution is 2.40. The Hall–Kier alpha value is -1.74. The maximum absolute atomic E-state index is 12.9. The van der Waals surface area contributed by atoms with E-state index in [1.165, 1.54) is 0 Å². The van der Waals surface area contributed by atoms with Gasteiger partial charge in [-0.3, -0.25) is 9.78 Å². The molecule has 1 saturated carbocycles. The van der Waals surface area contributed by atoms with Gasteiger partial charge in [0.15, 0.2) is 5.78 Å². The largest absolute Gasteiger partial charge is 0.327 e. The summed E-state index contributed by atoms with van der Waals surface area (Å²) in [5, 5.41) is 0.926. The number of ketones is 1. The number of carbonyl (C=O) groups excluding carboxylic acids is 1. The number of hydrogen-bond donors (Lipinski definition) is 1. The van der Waals surface area contributed by atoms with E-state index in [-0.39, 0.29) is 11.8 Å². The van der Waals surface area contributed by atoms with Gasteiger partial charge in [-0.25, -0.2) is 0 Å². The number of pyridine rings is 1. The molecule has 1 fully saturated rings. The van der Waals surface area contributed by atoms with Crippen molar-refractivity contribution in [3.05, 3.63) is 42.1 Å². The minimum absolute atomic E-state index is 0.0353. The van der Waals surface area contributed by atoms with Gasteiger partial charge >= 0.3 is 0 Å². The van der Waals surface area contributed by atoms with E-state index in [9.17, 15) is 4.79 Å². The van der Waals surface area contributed by atoms with Gasteiger partial charge in [-0.1, -0.05) is 31.5 Å². The van der Waals surface area contributed by atoms with Crippen molar-refractivity contribution in [2.75, 3.05) is 0 Å². The van der Waals surface area contributed by atoms with Gasteiger partial charge in [-0.05, 0) is 25.0 Å². The Kier molecular flexibility index (Phi) is 2.86. The molecule has 1 aliphatic rings. The van der Waals surface area contributed by atoms with Crippen molar-refractivity contribution in [1.82, 2.24) is 4.98 Å². The summed E-state index contributed by atoms with van der Waals surface area (Å²) in [6.07, 6.45) is 4.60. The van der Waals surface area contributed by atoms with E-state index in [2.05, 4.69) is 4.98 Å². The van der Waals surface area contributed by atoms with Crippen molar-refractivity contribution >= 4 is 16.7 Å². The summed E-state index contributed by atoms with van der Waals surface area (Å²) in [6, 6.07) is 9.51. The molecule has 0 amide bonds. The zero-order valence-corrected chi connectivity index (χ0v) is 11.1. The van der Waals surface area contributed by atoms with Crippen LogP contribution in [0.1, 0.15) is 36.5 Å². The van der Waals surface area contributed by atoms with Gasteiger partial charge in [-0.2, -0.15) is 0 Å². The minimum atomic E-state index is -0.426. The standard InChI is InChI=1S/C16H18N2O/c1-16(9-3-8-14(16)17)15(19)12-5-2-7-13-11(12)6-4-10-18-13/h2,4-7,10,14H,3,8-9,17H2,1H3. The number of nitrogens with two attached hydrogens (primary N) is 1. The van der Waals surface area contributed by atoms with Crippen LogP contribution in [0.15, 0.2) is 36.5 Å². The number of benzene rings is 1. The lowest BCUT2D eigenvalue weighted by atomic mass is 9.77. The molecule has 2 aromatic rings. The Balaban J connectivity index is 2.12. The van der Waals surface area contributed by atoms with Gasteiger partial charge in [0.25, 0.3) is 0 Å². The lowest BCUT2D eigenvalue weighted by Gasteiger charge is -2.27. The third-order valence-electron chi connectivity index (χ3n) is 4.44. The predicted octanol–water partition coefficient (Wildman–Crippen LogP) is 2.94. The van der Waals surface area contributed by atoms with Crippen LogP contribution in [0.2, 0.25) is 0 Å². The van der Waals surface area contributed by atoms with Gasteiger partial charge in [0.2, 0.25) is 0 Å². The molecular formula is C16H18N2O. The molecule has 3 rings (SSSR count). The maximum atomic E-state index is 12.9. The van der Waals surface area contributed by atoms with Crippen molar-refractivity contribution in [1.29, 1.82) is 0 Å². The fourth-order valence-electron chi connectivity index (χ4n) is 3.08. The van der Waals surface area contributed by atoms with E-state index in [1.807, 2.05) is 37.3 Å². The Morgan fingerprint density at radius 3 is 2.95 bits per heavy atom. The summed E-state index contributed by atoms with van der Waals surface area (Å²) in [7, 11) is 0. The molecule has 0 spiro atoms. The highest BCUT2D eigenvalue weighted by molar-refractivity contribution is 6.10. The maximum Gasteiger partial charge on any atom is 0.170 e. The van der Waals surface area contributed by atoms with Crippen LogP contribution in [-0.4, -0.2) is 16.8 Å². The molecule has 1 aliphatic carbocycles. The molecule has 1 heterocycles. The second kappa shape index (κ2) is 4.42. The molecule has 0 radical (unpaired) electrons. The Morgan fingerprint density at radius 2 is 2.21 bits per heavy atom. The van der Waals surface area contributed by atoms with Gasteiger partial charge in [0, 0.05) is 28.6 Å². The van der Waals surface area contributed by atoms with Gasteiger partial charge in [-0.15, -0.1) is 0 Å². The number of aromatic nitrogens is 1. The minimum Gasteiger partial charge on any atom is -0.327 e. The highest BCUT2D eigenvalue weighted by atomic mass is 16.1. The number of rotatable bonds is 2. The van der Waals surface area contributed by atoms with E-state index < -0.39 is 5.41 Å². The molecule has 2 atom stereocenters. The number of Topliss-reactive ketones (excluding diaryl/α,β-unsaturated/α-hetero) is 1. The van der Waals surface area contributed by atoms with Crippen LogP contribution < -0.4 is 5.73 Å². The highest BCUT2D eigenvalue weighted by Gasteiger charge is 2.43. The molecule has 1 aromatic heterocycles. The monoisotopic (exact) mass is 254 g/mol. The molecule has 1 aromatic carbocycles. The molecule has 0 aliphatic heterocycles. The number of hydrogen-bond acceptors (Lipinski definition) is 3. The van der Waals surface area contributed by atoms with Crippen LogP contribution >= 0.6 is 0 Å². The van der Waals surface area contributed by atoms with Crippen molar-refractivity contribution in [2.24, 2.45) is 11.1 Å². The van der Waals surface area contributed by atoms with Crippen LogP contribution in [0.5, 0.6) is 0 Å². The lowest BCUT2D eigenvalue weighted by Crippen LogP contribution is -2.41. The number of nitrogens with zero attached hydrogens (tertiary/aromatic N) is 1. The fraction of sp³-hybridized carbons (Fsp3) is 0.375. The van der Waals surface area contributed by atoms with Crippen LogP contribution in [0.3, 0.4) is 0 Å². The van der Waals surface area contributed by atoms with E-state index in [0.717, 1.165) is 35.7 Å². The molecule has 3 nitrogen and oxygen atoms in total. The molecule has 2 N–H and O–H groups in total. The van der Waals surface area contributed by atoms with E-state index in [4.69, 9.17) is 5.73 Å². The van der Waals surface area contributed by atoms with Crippen molar-refractivity contribution < 1.29 is 4.79 Å². The van der Waals surface area contributed by atoms with E-state index >= 15 is 0 Å². The first-order valence-electron chi connectivity index (χ1n) is 6.77. The summed E-state index contributed by atoms with van der Waals surface area (Å²) in [5.74, 6) is 0.163. The summed E-state index contributed by atoms with van der Waals surface area (Å²) >= 11 is 0. The van der Waals surface area contributed by atoms with Gasteiger partial charge in [0.05, 0.1) is 5.52 Å². The Morgan fingerprint density at radius 1 is 1.37 bits per heavy atom. The van der Waals surface area contributed by atoms with Gasteiger partial charge < -0.3 is 5.73 Å². The van der Waals surface area contributed by atoms with Crippen LogP contribution in [0.25, 0.3) is 10.9 Å². The SMILES string of the molecule is CC1(C(=O)c2cccc3ncccc23)CCCC1N. The molecule has 3 heteroatoms. The lowest BCUT2D eigenvalue weighted by molar-refractivity contribution is 0.0804. The Bertz CT molecular complexity index is 632. The number of carbonyl (C=O) groups is 1. The first-order valence-corrected chi connectivity index (χ1v) is 6.77. The normalized spacial score (nSPS) is 26.7. The molecule has 0 bridgehead atoms. The zero-order chi connectivity index (χ0) is 13.5. The first-order chi connectivity index (χ1) is 9.13. The predicted molar refractivity (Wildman–Crippen MR) is 76.0 cm³/mol. The van der Waals surface area contributed by atoms with Crippen molar-refractivity contribution in [2.45, 2.75) is 32.2 Å². The van der Waals surface area contributed by atoms with Crippen molar-refractivity contribution in [3.8, 4) is 0 Å². The average Bonchev–Trinajstić information content (AvgIpc) is 2.78. The van der Waals surface area contributed by atoms with Crippen LogP contribution in [0, 0.1) is 5.41 Å². The van der Waals surface area contributed by atoms with Gasteiger partial charge in [0.1, 0.15) is 0 Å². The fourth-order valence-corrected chi connectivity index (χ4v) is 3.08. The smallest absolute Gasteiger partial charge is 0.170 e. The quantitative estimate of drug-likeness (QED) is 0.838. The number of fused-ring (bicyclic) bond motifs is 1. The third kappa shape index (κ3) is 1.85. The molecular weight excluding hydrogens is 236 g/mol. The topological polar surface area (TPSA) is 56.0 Å². The first kappa shape index (κ1) is 12.3. The second-order valence-corrected chi connectivity index (χ2v) is 5.62. The summed E-state index contributed by atoms with van der Waals surface area (Å²) in [6.45, 7) is 2.00. The van der Waals surface area contributed by atoms with Crippen LogP contribution in [-0.2, 0) is 0 Å².